The second kappa shape index (κ2) is 4.52. The molecule has 2 aromatic rings. The van der Waals surface area contributed by atoms with E-state index in [4.69, 9.17) is 9.52 Å². The van der Waals surface area contributed by atoms with Crippen molar-refractivity contribution < 1.29 is 19.1 Å². The van der Waals surface area contributed by atoms with Crippen LogP contribution >= 0.6 is 0 Å². The van der Waals surface area contributed by atoms with E-state index in [0.29, 0.717) is 24.3 Å². The Bertz CT molecular complexity index is 640. The van der Waals surface area contributed by atoms with E-state index in [0.717, 1.165) is 0 Å². The van der Waals surface area contributed by atoms with E-state index in [1.807, 2.05) is 0 Å². The van der Waals surface area contributed by atoms with Gasteiger partial charge in [-0.05, 0) is 25.0 Å². The van der Waals surface area contributed by atoms with Crippen molar-refractivity contribution >= 4 is 11.9 Å². The molecule has 3 N–H and O–H groups in total. The Kier molecular flexibility index (Phi) is 2.81. The van der Waals surface area contributed by atoms with Crippen LogP contribution in [0.2, 0.25) is 0 Å². The van der Waals surface area contributed by atoms with Gasteiger partial charge in [-0.2, -0.15) is 5.10 Å². The highest BCUT2D eigenvalue weighted by molar-refractivity contribution is 5.93. The summed E-state index contributed by atoms with van der Waals surface area (Å²) in [7, 11) is 0. The van der Waals surface area contributed by atoms with Crippen molar-refractivity contribution in [2.45, 2.75) is 12.8 Å². The molecule has 7 nitrogen and oxygen atoms in total. The Balaban J connectivity index is 1.65. The number of rotatable bonds is 5. The molecule has 0 aromatic carbocycles. The van der Waals surface area contributed by atoms with Gasteiger partial charge < -0.3 is 14.8 Å². The molecule has 1 saturated carbocycles. The number of aromatic amines is 1. The number of carbonyl (C=O) groups excluding carboxylic acids is 1. The van der Waals surface area contributed by atoms with Gasteiger partial charge in [0.2, 0.25) is 0 Å². The van der Waals surface area contributed by atoms with Crippen LogP contribution in [-0.4, -0.2) is 33.7 Å². The summed E-state index contributed by atoms with van der Waals surface area (Å²) in [5.74, 6) is -0.677. The average Bonchev–Trinajstić information content (AvgIpc) is 2.87. The first kappa shape index (κ1) is 12.5. The van der Waals surface area contributed by atoms with Crippen LogP contribution < -0.4 is 5.32 Å². The summed E-state index contributed by atoms with van der Waals surface area (Å²) in [5.41, 5.74) is 0.0209. The van der Waals surface area contributed by atoms with Crippen molar-refractivity contribution in [3.05, 3.63) is 30.2 Å². The zero-order chi connectivity index (χ0) is 14.2. The number of hydrogen-bond acceptors (Lipinski definition) is 4. The van der Waals surface area contributed by atoms with E-state index in [1.54, 1.807) is 18.2 Å². The zero-order valence-electron chi connectivity index (χ0n) is 10.5. The number of H-pyrrole nitrogens is 1. The molecule has 2 aromatic heterocycles. The van der Waals surface area contributed by atoms with Crippen LogP contribution in [0.4, 0.5) is 0 Å². The smallest absolute Gasteiger partial charge is 0.311 e. The number of carbonyl (C=O) groups is 2. The summed E-state index contributed by atoms with van der Waals surface area (Å²) in [6, 6.07) is 5.05. The summed E-state index contributed by atoms with van der Waals surface area (Å²) < 4.78 is 5.19. The lowest BCUT2D eigenvalue weighted by atomic mass is 10.1. The molecular formula is C13H13N3O4. The Hall–Kier alpha value is -2.57. The molecule has 1 amide bonds. The topological polar surface area (TPSA) is 108 Å². The summed E-state index contributed by atoms with van der Waals surface area (Å²) in [5, 5.41) is 18.2. The van der Waals surface area contributed by atoms with E-state index >= 15 is 0 Å². The fraction of sp³-hybridized carbons (Fsp3) is 0.308. The minimum Gasteiger partial charge on any atom is -0.481 e. The molecule has 20 heavy (non-hydrogen) atoms. The van der Waals surface area contributed by atoms with Crippen LogP contribution in [0.1, 0.15) is 23.3 Å². The van der Waals surface area contributed by atoms with Gasteiger partial charge in [0.25, 0.3) is 5.91 Å². The molecule has 0 radical (unpaired) electrons. The normalized spacial score (nSPS) is 15.8. The molecule has 3 rings (SSSR count). The van der Waals surface area contributed by atoms with Gasteiger partial charge in [0.15, 0.2) is 11.5 Å². The average molecular weight is 275 g/mol. The third kappa shape index (κ3) is 2.18. The molecule has 1 aliphatic carbocycles. The van der Waals surface area contributed by atoms with Crippen molar-refractivity contribution in [3.8, 4) is 11.5 Å². The van der Waals surface area contributed by atoms with E-state index in [-0.39, 0.29) is 12.2 Å². The first-order valence-electron chi connectivity index (χ1n) is 6.22. The predicted molar refractivity (Wildman–Crippen MR) is 67.9 cm³/mol. The number of carboxylic acids is 1. The molecule has 0 atom stereocenters. The van der Waals surface area contributed by atoms with Crippen molar-refractivity contribution in [2.75, 3.05) is 6.54 Å². The summed E-state index contributed by atoms with van der Waals surface area (Å²) in [6.45, 7) is 0.129. The number of nitrogens with one attached hydrogen (secondary N) is 2. The molecule has 7 heteroatoms. The molecule has 2 heterocycles. The summed E-state index contributed by atoms with van der Waals surface area (Å²) in [4.78, 5) is 22.9. The summed E-state index contributed by atoms with van der Waals surface area (Å²) in [6.07, 6.45) is 2.72. The summed E-state index contributed by atoms with van der Waals surface area (Å²) >= 11 is 0. The Morgan fingerprint density at radius 2 is 2.30 bits per heavy atom. The van der Waals surface area contributed by atoms with Gasteiger partial charge in [-0.3, -0.25) is 14.7 Å². The highest BCUT2D eigenvalue weighted by Crippen LogP contribution is 2.45. The number of aromatic nitrogens is 2. The number of carboxylic acid groups (broad SMARTS) is 1. The predicted octanol–water partition coefficient (Wildman–Crippen LogP) is 1.26. The van der Waals surface area contributed by atoms with Crippen LogP contribution in [0.5, 0.6) is 0 Å². The van der Waals surface area contributed by atoms with Crippen LogP contribution in [0, 0.1) is 5.41 Å². The van der Waals surface area contributed by atoms with Gasteiger partial charge >= 0.3 is 5.97 Å². The van der Waals surface area contributed by atoms with Crippen molar-refractivity contribution in [3.63, 3.8) is 0 Å². The fourth-order valence-corrected chi connectivity index (χ4v) is 1.95. The largest absolute Gasteiger partial charge is 0.481 e. The van der Waals surface area contributed by atoms with E-state index in [9.17, 15) is 9.59 Å². The Morgan fingerprint density at radius 1 is 1.50 bits per heavy atom. The maximum absolute atomic E-state index is 11.9. The van der Waals surface area contributed by atoms with E-state index < -0.39 is 17.3 Å². The van der Waals surface area contributed by atoms with Crippen molar-refractivity contribution in [2.24, 2.45) is 5.41 Å². The van der Waals surface area contributed by atoms with Crippen molar-refractivity contribution in [1.82, 2.24) is 15.5 Å². The fourth-order valence-electron chi connectivity index (χ4n) is 1.95. The minimum absolute atomic E-state index is 0.129. The molecule has 1 aliphatic rings. The van der Waals surface area contributed by atoms with Crippen LogP contribution in [0.15, 0.2) is 28.9 Å². The monoisotopic (exact) mass is 275 g/mol. The van der Waals surface area contributed by atoms with Gasteiger partial charge in [0, 0.05) is 12.6 Å². The molecule has 104 valence electrons. The lowest BCUT2D eigenvalue weighted by Gasteiger charge is -2.09. The Labute approximate surface area is 114 Å². The lowest BCUT2D eigenvalue weighted by molar-refractivity contribution is -0.143. The quantitative estimate of drug-likeness (QED) is 0.761. The highest BCUT2D eigenvalue weighted by atomic mass is 16.4. The van der Waals surface area contributed by atoms with Gasteiger partial charge in [0.1, 0.15) is 5.69 Å². The van der Waals surface area contributed by atoms with Gasteiger partial charge in [-0.1, -0.05) is 0 Å². The number of hydrogen-bond donors (Lipinski definition) is 3. The van der Waals surface area contributed by atoms with E-state index in [2.05, 4.69) is 15.5 Å². The van der Waals surface area contributed by atoms with E-state index in [1.165, 1.54) is 6.26 Å². The van der Waals surface area contributed by atoms with Crippen LogP contribution in [-0.2, 0) is 4.79 Å². The molecule has 0 aliphatic heterocycles. The third-order valence-electron chi connectivity index (χ3n) is 3.49. The standard InChI is InChI=1S/C13H13N3O4/c17-11(14-7-13(3-4-13)12(18)19)9-6-8(15-16-9)10-2-1-5-20-10/h1-2,5-6H,3-4,7H2,(H,14,17)(H,15,16)(H,18,19). The number of amides is 1. The maximum atomic E-state index is 11.9. The zero-order valence-corrected chi connectivity index (χ0v) is 10.5. The van der Waals surface area contributed by atoms with Crippen molar-refractivity contribution in [1.29, 1.82) is 0 Å². The number of nitrogens with zero attached hydrogens (tertiary/aromatic N) is 1. The lowest BCUT2D eigenvalue weighted by Crippen LogP contribution is -2.34. The minimum atomic E-state index is -0.865. The maximum Gasteiger partial charge on any atom is 0.311 e. The molecule has 0 spiro atoms. The molecule has 0 unspecified atom stereocenters. The van der Waals surface area contributed by atoms with Crippen LogP contribution in [0.25, 0.3) is 11.5 Å². The van der Waals surface area contributed by atoms with Gasteiger partial charge in [0.05, 0.1) is 11.7 Å². The number of aliphatic carboxylic acids is 1. The van der Waals surface area contributed by atoms with Gasteiger partial charge in [-0.25, -0.2) is 0 Å². The third-order valence-corrected chi connectivity index (χ3v) is 3.49. The highest BCUT2D eigenvalue weighted by Gasteiger charge is 2.50. The first-order chi connectivity index (χ1) is 9.61. The molecule has 0 saturated heterocycles. The molecule has 1 fully saturated rings. The van der Waals surface area contributed by atoms with Crippen LogP contribution in [0.3, 0.4) is 0 Å². The second-order valence-electron chi connectivity index (χ2n) is 4.91. The molecular weight excluding hydrogens is 262 g/mol. The van der Waals surface area contributed by atoms with Gasteiger partial charge in [-0.15, -0.1) is 0 Å². The Morgan fingerprint density at radius 3 is 2.90 bits per heavy atom. The first-order valence-corrected chi connectivity index (χ1v) is 6.22. The second-order valence-corrected chi connectivity index (χ2v) is 4.91. The SMILES string of the molecule is O=C(NCC1(C(=O)O)CC1)c1cc(-c2ccco2)[nH]n1. The number of furan rings is 1. The molecule has 0 bridgehead atoms.